The minimum Gasteiger partial charge on any atom is -1.00 e. The van der Waals surface area contributed by atoms with Gasteiger partial charge in [0.25, 0.3) is 0 Å². The molecule has 1 saturated heterocycles. The summed E-state index contributed by atoms with van der Waals surface area (Å²) in [6.45, 7) is 6.95. The van der Waals surface area contributed by atoms with Gasteiger partial charge in [-0.15, -0.1) is 0 Å². The number of hydrogen-bond acceptors (Lipinski definition) is 0. The van der Waals surface area contributed by atoms with Gasteiger partial charge in [-0.1, -0.05) is 86.6 Å². The third-order valence-electron chi connectivity index (χ3n) is 4.96. The van der Waals surface area contributed by atoms with E-state index in [1.165, 1.54) is 30.5 Å². The van der Waals surface area contributed by atoms with E-state index >= 15 is 0 Å². The van der Waals surface area contributed by atoms with Crippen LogP contribution >= 0.6 is 0 Å². The Kier molecular flexibility index (Phi) is 11.6. The molecule has 0 aromatic heterocycles. The second kappa shape index (κ2) is 10.5. The quantitative estimate of drug-likeness (QED) is 0.328. The van der Waals surface area contributed by atoms with Crippen molar-refractivity contribution in [1.82, 2.24) is 0 Å². The Morgan fingerprint density at radius 2 is 1.42 bits per heavy atom. The molecular formula is C19H25Cl3SiTi. The van der Waals surface area contributed by atoms with Gasteiger partial charge >= 0.3 is 21.7 Å². The van der Waals surface area contributed by atoms with Crippen LogP contribution in [0.3, 0.4) is 0 Å². The van der Waals surface area contributed by atoms with Crippen molar-refractivity contribution in [2.75, 3.05) is 0 Å². The van der Waals surface area contributed by atoms with Crippen LogP contribution in [0.25, 0.3) is 0 Å². The van der Waals surface area contributed by atoms with Gasteiger partial charge in [0, 0.05) is 0 Å². The Bertz CT molecular complexity index is 584. The summed E-state index contributed by atoms with van der Waals surface area (Å²) in [5.41, 5.74) is 1.77. The second-order valence-corrected chi connectivity index (χ2v) is 11.6. The van der Waals surface area contributed by atoms with Crippen molar-refractivity contribution in [3.05, 3.63) is 54.1 Å². The zero-order chi connectivity index (χ0) is 14.2. The van der Waals surface area contributed by atoms with Crippen LogP contribution in [0.1, 0.15) is 39.2 Å². The van der Waals surface area contributed by atoms with E-state index in [1.54, 1.807) is 10.4 Å². The van der Waals surface area contributed by atoms with E-state index in [4.69, 9.17) is 0 Å². The van der Waals surface area contributed by atoms with Gasteiger partial charge < -0.3 is 37.2 Å². The Morgan fingerprint density at radius 3 is 1.88 bits per heavy atom. The Morgan fingerprint density at radius 1 is 0.875 bits per heavy atom. The van der Waals surface area contributed by atoms with Crippen LogP contribution in [0, 0.1) is 0 Å². The summed E-state index contributed by atoms with van der Waals surface area (Å²) >= 11 is 0. The van der Waals surface area contributed by atoms with Gasteiger partial charge in [0.15, 0.2) is 0 Å². The van der Waals surface area contributed by atoms with E-state index in [0.717, 1.165) is 0 Å². The topological polar surface area (TPSA) is 0 Å². The minimum absolute atomic E-state index is 0. The fraction of sp³-hybridized carbons (Fsp3) is 0.421. The van der Waals surface area contributed by atoms with Crippen molar-refractivity contribution in [3.8, 4) is 0 Å². The van der Waals surface area contributed by atoms with Gasteiger partial charge in [-0.3, -0.25) is 0 Å². The van der Waals surface area contributed by atoms with Crippen molar-refractivity contribution < 1.29 is 58.9 Å². The smallest absolute Gasteiger partial charge is 1.00 e. The molecule has 1 aliphatic rings. The Labute approximate surface area is 181 Å². The van der Waals surface area contributed by atoms with Gasteiger partial charge in [-0.2, -0.15) is 22.9 Å². The molecule has 0 nitrogen and oxygen atoms in total. The van der Waals surface area contributed by atoms with E-state index in [-0.39, 0.29) is 64.4 Å². The fourth-order valence-electron chi connectivity index (χ4n) is 3.69. The molecule has 1 fully saturated rings. The maximum atomic E-state index is 2.52. The van der Waals surface area contributed by atoms with Crippen molar-refractivity contribution in [1.29, 1.82) is 0 Å². The first kappa shape index (κ1) is 26.6. The zero-order valence-electron chi connectivity index (χ0n) is 14.6. The molecule has 2 aromatic carbocycles. The van der Waals surface area contributed by atoms with Crippen LogP contribution in [0.2, 0.25) is 12.1 Å². The summed E-state index contributed by atoms with van der Waals surface area (Å²) in [4.78, 5) is 0. The third kappa shape index (κ3) is 5.19. The Hall–Kier alpha value is 0.371. The minimum atomic E-state index is -1.44. The number of benzene rings is 1. The maximum Gasteiger partial charge on any atom is 4.00 e. The first-order valence-electron chi connectivity index (χ1n) is 7.86. The van der Waals surface area contributed by atoms with Crippen LogP contribution in [-0.2, 0) is 27.1 Å². The third-order valence-corrected chi connectivity index (χ3v) is 10.2. The average molecular weight is 436 g/mol. The summed E-state index contributed by atoms with van der Waals surface area (Å²) in [7, 11) is -1.44. The molecule has 0 unspecified atom stereocenters. The van der Waals surface area contributed by atoms with E-state index < -0.39 is 8.07 Å². The summed E-state index contributed by atoms with van der Waals surface area (Å²) in [6, 6.07) is 21.5. The number of halogens is 3. The summed E-state index contributed by atoms with van der Waals surface area (Å²) in [5, 5.41) is 3.31. The molecule has 130 valence electrons. The van der Waals surface area contributed by atoms with E-state index in [2.05, 4.69) is 69.3 Å². The maximum absolute atomic E-state index is 2.52. The molecule has 0 atom stereocenters. The van der Waals surface area contributed by atoms with Gasteiger partial charge in [0.1, 0.15) is 0 Å². The largest absolute Gasteiger partial charge is 4.00 e. The van der Waals surface area contributed by atoms with Crippen LogP contribution in [0.15, 0.2) is 48.5 Å². The van der Waals surface area contributed by atoms with Gasteiger partial charge in [-0.25, -0.2) is 6.07 Å². The first-order chi connectivity index (χ1) is 9.52. The van der Waals surface area contributed by atoms with E-state index in [1.807, 2.05) is 0 Å². The molecule has 5 heteroatoms. The molecule has 0 spiro atoms. The molecule has 3 rings (SSSR count). The molecule has 0 saturated carbocycles. The Balaban J connectivity index is 0. The summed E-state index contributed by atoms with van der Waals surface area (Å²) in [6.07, 6.45) is 2.83. The molecule has 0 N–H and O–H groups in total. The van der Waals surface area contributed by atoms with Crippen LogP contribution in [0.5, 0.6) is 0 Å². The van der Waals surface area contributed by atoms with Gasteiger partial charge in [0.2, 0.25) is 0 Å². The molecule has 1 heterocycles. The molecule has 0 amide bonds. The molecular weight excluding hydrogens is 411 g/mol. The normalized spacial score (nSPS) is 15.3. The molecule has 2 aromatic rings. The standard InChI is InChI=1S/C19H25Si.3ClH.Ti/c1-19(2,3)16-11-12-18(15-16)20(13-7-8-14-20)17-9-5-4-6-10-17;;;;/h4-6,9-12,15H,7-8,13-14H2,1-3H3;3*1H;/q-1;;;;+4/p-3. The zero-order valence-corrected chi connectivity index (χ0v) is 19.4. The van der Waals surface area contributed by atoms with Crippen molar-refractivity contribution in [2.45, 2.75) is 51.1 Å². The predicted molar refractivity (Wildman–Crippen MR) is 91.0 cm³/mol. The molecule has 24 heavy (non-hydrogen) atoms. The van der Waals surface area contributed by atoms with Crippen molar-refractivity contribution >= 4 is 18.4 Å². The SMILES string of the molecule is CC(C)(C)c1cc[c-]([Si]2(c3ccccc3)CCCC2)c1.[Cl-].[Cl-].[Cl-].[Ti+4]. The number of hydrogen-bond donors (Lipinski definition) is 0. The molecule has 1 aliphatic heterocycles. The van der Waals surface area contributed by atoms with Crippen LogP contribution in [0.4, 0.5) is 0 Å². The van der Waals surface area contributed by atoms with Crippen molar-refractivity contribution in [2.24, 2.45) is 0 Å². The average Bonchev–Trinajstić information content (AvgIpc) is 3.09. The monoisotopic (exact) mass is 434 g/mol. The first-order valence-corrected chi connectivity index (χ1v) is 10.3. The summed E-state index contributed by atoms with van der Waals surface area (Å²) < 4.78 is 0. The van der Waals surface area contributed by atoms with Crippen LogP contribution < -0.4 is 47.6 Å². The number of rotatable bonds is 2. The molecule has 0 radical (unpaired) electrons. The predicted octanol–water partition coefficient (Wildman–Crippen LogP) is -4.93. The molecule has 0 bridgehead atoms. The molecule has 0 aliphatic carbocycles. The van der Waals surface area contributed by atoms with Gasteiger partial charge in [0.05, 0.1) is 8.07 Å². The fourth-order valence-corrected chi connectivity index (χ4v) is 8.80. The van der Waals surface area contributed by atoms with E-state index in [9.17, 15) is 0 Å². The second-order valence-electron chi connectivity index (χ2n) is 7.29. The van der Waals surface area contributed by atoms with Crippen LogP contribution in [-0.4, -0.2) is 8.07 Å². The van der Waals surface area contributed by atoms with Crippen molar-refractivity contribution in [3.63, 3.8) is 0 Å². The summed E-state index contributed by atoms with van der Waals surface area (Å²) in [5.74, 6) is 0. The van der Waals surface area contributed by atoms with E-state index in [0.29, 0.717) is 0 Å². The van der Waals surface area contributed by atoms with Gasteiger partial charge in [-0.05, 0) is 0 Å².